The van der Waals surface area contributed by atoms with Gasteiger partial charge in [0.25, 0.3) is 0 Å². The molecule has 2 aromatic heterocycles. The number of aromatic amines is 1. The van der Waals surface area contributed by atoms with Gasteiger partial charge in [-0.1, -0.05) is 41.5 Å². The number of nitrogens with one attached hydrogen (secondary N) is 1. The monoisotopic (exact) mass is 351 g/mol. The van der Waals surface area contributed by atoms with E-state index in [9.17, 15) is 5.11 Å². The van der Waals surface area contributed by atoms with Crippen LogP contribution in [0.25, 0.3) is 22.3 Å². The molecule has 3 rings (SSSR count). The number of hydrogen-bond acceptors (Lipinski definition) is 3. The largest absolute Gasteiger partial charge is 0.507 e. The van der Waals surface area contributed by atoms with Crippen molar-refractivity contribution in [1.82, 2.24) is 15.2 Å². The van der Waals surface area contributed by atoms with Crippen molar-refractivity contribution < 1.29 is 5.11 Å². The summed E-state index contributed by atoms with van der Waals surface area (Å²) in [5.41, 5.74) is 6.37. The molecule has 0 amide bonds. The SMILES string of the molecule is Cc1cc(C)c2c(-c3cc(C(C)(C)C)c(O)c(C(C)(C)C)c3)n[nH]c2n1. The van der Waals surface area contributed by atoms with Crippen LogP contribution in [-0.2, 0) is 10.8 Å². The Balaban J connectivity index is 2.36. The molecule has 1 aromatic carbocycles. The summed E-state index contributed by atoms with van der Waals surface area (Å²) in [5.74, 6) is 0.388. The highest BCUT2D eigenvalue weighted by atomic mass is 16.3. The first-order chi connectivity index (χ1) is 11.9. The fraction of sp³-hybridized carbons (Fsp3) is 0.455. The summed E-state index contributed by atoms with van der Waals surface area (Å²) in [6, 6.07) is 6.22. The van der Waals surface area contributed by atoms with E-state index >= 15 is 0 Å². The summed E-state index contributed by atoms with van der Waals surface area (Å²) >= 11 is 0. The molecule has 0 spiro atoms. The second-order valence-electron chi connectivity index (χ2n) is 9.30. The van der Waals surface area contributed by atoms with Crippen molar-refractivity contribution in [3.05, 3.63) is 40.6 Å². The van der Waals surface area contributed by atoms with Gasteiger partial charge in [0.1, 0.15) is 11.4 Å². The number of rotatable bonds is 1. The molecule has 2 N–H and O–H groups in total. The lowest BCUT2D eigenvalue weighted by atomic mass is 9.78. The van der Waals surface area contributed by atoms with Gasteiger partial charge in [-0.25, -0.2) is 4.98 Å². The Labute approximate surface area is 155 Å². The van der Waals surface area contributed by atoms with Gasteiger partial charge in [-0.2, -0.15) is 5.10 Å². The number of aromatic nitrogens is 3. The second kappa shape index (κ2) is 5.83. The standard InChI is InChI=1S/C22H29N3O/c1-12-9-13(2)23-20-17(12)18(24-25-20)14-10-15(21(3,4)5)19(26)16(11-14)22(6,7)8/h9-11,26H,1-8H3,(H,23,24,25). The van der Waals surface area contributed by atoms with Gasteiger partial charge in [0.2, 0.25) is 0 Å². The molecule has 0 bridgehead atoms. The normalized spacial score (nSPS) is 12.8. The Hall–Kier alpha value is -2.36. The first-order valence-electron chi connectivity index (χ1n) is 9.10. The third-order valence-corrected chi connectivity index (χ3v) is 4.85. The Morgan fingerprint density at radius 1 is 0.885 bits per heavy atom. The van der Waals surface area contributed by atoms with E-state index in [1.165, 1.54) is 0 Å². The van der Waals surface area contributed by atoms with E-state index in [1.54, 1.807) is 0 Å². The maximum atomic E-state index is 10.9. The van der Waals surface area contributed by atoms with E-state index in [2.05, 4.69) is 81.8 Å². The maximum absolute atomic E-state index is 10.9. The van der Waals surface area contributed by atoms with E-state index < -0.39 is 0 Å². The average Bonchev–Trinajstić information content (AvgIpc) is 2.89. The molecule has 0 aliphatic carbocycles. The Morgan fingerprint density at radius 2 is 1.42 bits per heavy atom. The smallest absolute Gasteiger partial charge is 0.156 e. The Kier molecular flexibility index (Phi) is 4.13. The predicted octanol–water partition coefficient (Wildman–Crippen LogP) is 5.54. The number of phenolic OH excluding ortho intramolecular Hbond substituents is 1. The van der Waals surface area contributed by atoms with Crippen LogP contribution < -0.4 is 0 Å². The van der Waals surface area contributed by atoms with Gasteiger partial charge in [0.15, 0.2) is 5.65 Å². The van der Waals surface area contributed by atoms with E-state index in [4.69, 9.17) is 0 Å². The molecule has 0 radical (unpaired) electrons. The summed E-state index contributed by atoms with van der Waals surface area (Å²) in [7, 11) is 0. The van der Waals surface area contributed by atoms with Crippen molar-refractivity contribution in [3.8, 4) is 17.0 Å². The highest BCUT2D eigenvalue weighted by Crippen LogP contribution is 2.42. The van der Waals surface area contributed by atoms with E-state index in [0.717, 1.165) is 44.7 Å². The molecule has 4 nitrogen and oxygen atoms in total. The molecular formula is C22H29N3O. The minimum atomic E-state index is -0.171. The lowest BCUT2D eigenvalue weighted by molar-refractivity contribution is 0.423. The van der Waals surface area contributed by atoms with Gasteiger partial charge in [0, 0.05) is 27.8 Å². The highest BCUT2D eigenvalue weighted by Gasteiger charge is 2.27. The molecule has 0 saturated carbocycles. The molecule has 4 heteroatoms. The van der Waals surface area contributed by atoms with Gasteiger partial charge in [-0.05, 0) is 48.4 Å². The summed E-state index contributed by atoms with van der Waals surface area (Å²) in [6.07, 6.45) is 0. The average molecular weight is 351 g/mol. The molecule has 0 unspecified atom stereocenters. The first-order valence-corrected chi connectivity index (χ1v) is 9.10. The van der Waals surface area contributed by atoms with Crippen LogP contribution in [0.2, 0.25) is 0 Å². The van der Waals surface area contributed by atoms with Gasteiger partial charge in [0.05, 0.1) is 0 Å². The molecule has 0 aliphatic rings. The number of hydrogen-bond donors (Lipinski definition) is 2. The van der Waals surface area contributed by atoms with Crippen LogP contribution in [0.3, 0.4) is 0 Å². The molecule has 2 heterocycles. The predicted molar refractivity (Wildman–Crippen MR) is 108 cm³/mol. The molecule has 26 heavy (non-hydrogen) atoms. The van der Waals surface area contributed by atoms with Gasteiger partial charge in [-0.15, -0.1) is 0 Å². The van der Waals surface area contributed by atoms with Crippen LogP contribution in [0.1, 0.15) is 63.9 Å². The van der Waals surface area contributed by atoms with Gasteiger partial charge in [-0.3, -0.25) is 5.10 Å². The van der Waals surface area contributed by atoms with E-state index in [0.29, 0.717) is 5.75 Å². The third-order valence-electron chi connectivity index (χ3n) is 4.85. The molecule has 0 atom stereocenters. The quantitative estimate of drug-likeness (QED) is 0.605. The number of benzene rings is 1. The minimum absolute atomic E-state index is 0.171. The zero-order valence-electron chi connectivity index (χ0n) is 17.1. The Bertz CT molecular complexity index is 950. The highest BCUT2D eigenvalue weighted by molar-refractivity contribution is 5.94. The van der Waals surface area contributed by atoms with Crippen LogP contribution in [0.5, 0.6) is 5.75 Å². The third kappa shape index (κ3) is 3.09. The molecule has 0 fully saturated rings. The number of phenols is 1. The van der Waals surface area contributed by atoms with Crippen LogP contribution >= 0.6 is 0 Å². The fourth-order valence-electron chi connectivity index (χ4n) is 3.50. The number of pyridine rings is 1. The van der Waals surface area contributed by atoms with Crippen LogP contribution in [0.15, 0.2) is 18.2 Å². The van der Waals surface area contributed by atoms with Crippen molar-refractivity contribution in [1.29, 1.82) is 0 Å². The molecule has 0 aliphatic heterocycles. The lowest BCUT2D eigenvalue weighted by Crippen LogP contribution is -2.17. The first kappa shape index (κ1) is 18.4. The zero-order chi connectivity index (χ0) is 19.4. The number of aryl methyl sites for hydroxylation is 2. The van der Waals surface area contributed by atoms with Gasteiger partial charge >= 0.3 is 0 Å². The molecule has 0 saturated heterocycles. The zero-order valence-corrected chi connectivity index (χ0v) is 17.1. The number of nitrogens with zero attached hydrogens (tertiary/aromatic N) is 2. The molecular weight excluding hydrogens is 322 g/mol. The minimum Gasteiger partial charge on any atom is -0.507 e. The second-order valence-corrected chi connectivity index (χ2v) is 9.30. The maximum Gasteiger partial charge on any atom is 0.156 e. The summed E-state index contributed by atoms with van der Waals surface area (Å²) in [6.45, 7) is 16.8. The number of H-pyrrole nitrogens is 1. The van der Waals surface area contributed by atoms with Crippen molar-refractivity contribution in [2.24, 2.45) is 0 Å². The lowest BCUT2D eigenvalue weighted by Gasteiger charge is -2.28. The van der Waals surface area contributed by atoms with E-state index in [1.807, 2.05) is 6.92 Å². The van der Waals surface area contributed by atoms with Crippen LogP contribution in [-0.4, -0.2) is 20.3 Å². The summed E-state index contributed by atoms with van der Waals surface area (Å²) < 4.78 is 0. The fourth-order valence-corrected chi connectivity index (χ4v) is 3.50. The summed E-state index contributed by atoms with van der Waals surface area (Å²) in [4.78, 5) is 4.58. The van der Waals surface area contributed by atoms with Gasteiger partial charge < -0.3 is 5.11 Å². The van der Waals surface area contributed by atoms with E-state index in [-0.39, 0.29) is 10.8 Å². The molecule has 138 valence electrons. The van der Waals surface area contributed by atoms with Crippen LogP contribution in [0.4, 0.5) is 0 Å². The topological polar surface area (TPSA) is 61.8 Å². The number of aromatic hydroxyl groups is 1. The van der Waals surface area contributed by atoms with Crippen molar-refractivity contribution in [3.63, 3.8) is 0 Å². The van der Waals surface area contributed by atoms with Crippen molar-refractivity contribution in [2.45, 2.75) is 66.2 Å². The molecule has 3 aromatic rings. The van der Waals surface area contributed by atoms with Crippen LogP contribution in [0, 0.1) is 13.8 Å². The van der Waals surface area contributed by atoms with Crippen molar-refractivity contribution >= 4 is 11.0 Å². The number of fused-ring (bicyclic) bond motifs is 1. The Morgan fingerprint density at radius 3 is 1.92 bits per heavy atom. The summed E-state index contributed by atoms with van der Waals surface area (Å²) in [5, 5.41) is 19.6. The van der Waals surface area contributed by atoms with Crippen molar-refractivity contribution in [2.75, 3.05) is 0 Å².